The fourth-order valence-electron chi connectivity index (χ4n) is 1.29. The molecule has 0 unspecified atom stereocenters. The number of nitriles is 1. The Bertz CT molecular complexity index is 603. The van der Waals surface area contributed by atoms with Crippen molar-refractivity contribution in [3.05, 3.63) is 35.8 Å². The predicted molar refractivity (Wildman–Crippen MR) is 68.9 cm³/mol. The van der Waals surface area contributed by atoms with Crippen molar-refractivity contribution < 1.29 is 32.5 Å². The molecular weight excluding hydrogens is 305 g/mol. The van der Waals surface area contributed by atoms with Gasteiger partial charge in [-0.25, -0.2) is 0 Å². The van der Waals surface area contributed by atoms with Gasteiger partial charge in [-0.3, -0.25) is 4.79 Å². The average Bonchev–Trinajstić information content (AvgIpc) is 2.46. The number of amides is 1. The summed E-state index contributed by atoms with van der Waals surface area (Å²) < 4.78 is 44.7. The largest absolute Gasteiger partial charge is 0.497 e. The molecule has 1 rings (SSSR count). The van der Waals surface area contributed by atoms with E-state index in [1.165, 1.54) is 37.4 Å². The summed E-state index contributed by atoms with van der Waals surface area (Å²) in [7, 11) is 1.44. The first kappa shape index (κ1) is 17.2. The van der Waals surface area contributed by atoms with Gasteiger partial charge >= 0.3 is 12.1 Å². The Balaban J connectivity index is 2.81. The van der Waals surface area contributed by atoms with E-state index in [4.69, 9.17) is 10.00 Å². The fraction of sp³-hybridized carbons (Fsp3) is 0.231. The lowest BCUT2D eigenvalue weighted by molar-refractivity contribution is -0.173. The van der Waals surface area contributed by atoms with Crippen LogP contribution in [0, 0.1) is 11.3 Å². The maximum absolute atomic E-state index is 11.9. The summed E-state index contributed by atoms with van der Waals surface area (Å²) >= 11 is 0. The summed E-state index contributed by atoms with van der Waals surface area (Å²) in [6.45, 7) is -1.82. The first-order valence-electron chi connectivity index (χ1n) is 5.75. The van der Waals surface area contributed by atoms with Crippen LogP contribution in [0.1, 0.15) is 0 Å². The number of halogens is 3. The maximum Gasteiger partial charge on any atom is 0.422 e. The van der Waals surface area contributed by atoms with Gasteiger partial charge in [0.05, 0.1) is 7.11 Å². The normalized spacial score (nSPS) is 12.0. The molecule has 0 fully saturated rings. The molecule has 1 aromatic rings. The Morgan fingerprint density at radius 3 is 2.41 bits per heavy atom. The second kappa shape index (κ2) is 7.21. The number of nitrogens with one attached hydrogen (secondary N) is 1. The van der Waals surface area contributed by atoms with Gasteiger partial charge in [-0.15, -0.1) is 0 Å². The van der Waals surface area contributed by atoms with Crippen LogP contribution in [-0.4, -0.2) is 30.9 Å². The number of hydrogen-bond acceptors (Lipinski definition) is 5. The molecule has 0 radical (unpaired) electrons. The molecule has 0 aliphatic rings. The van der Waals surface area contributed by atoms with Gasteiger partial charge in [0.25, 0.3) is 5.91 Å². The molecule has 0 spiro atoms. The van der Waals surface area contributed by atoms with Crippen LogP contribution < -0.4 is 10.1 Å². The minimum absolute atomic E-state index is 0.252. The highest BCUT2D eigenvalue weighted by atomic mass is 19.4. The van der Waals surface area contributed by atoms with Crippen LogP contribution in [0.4, 0.5) is 18.9 Å². The molecule has 0 atom stereocenters. The third kappa shape index (κ3) is 5.24. The Morgan fingerprint density at radius 2 is 1.95 bits per heavy atom. The quantitative estimate of drug-likeness (QED) is 0.495. The number of rotatable bonds is 5. The summed E-state index contributed by atoms with van der Waals surface area (Å²) in [6, 6.07) is 7.21. The third-order valence-electron chi connectivity index (χ3n) is 2.27. The highest BCUT2D eigenvalue weighted by Gasteiger charge is 2.30. The van der Waals surface area contributed by atoms with Crippen LogP contribution in [0.3, 0.4) is 0 Å². The molecule has 0 saturated carbocycles. The van der Waals surface area contributed by atoms with E-state index >= 15 is 0 Å². The van der Waals surface area contributed by atoms with Gasteiger partial charge in [-0.1, -0.05) is 0 Å². The summed E-state index contributed by atoms with van der Waals surface area (Å²) in [5, 5.41) is 20.2. The zero-order valence-corrected chi connectivity index (χ0v) is 11.3. The van der Waals surface area contributed by atoms with E-state index in [9.17, 15) is 23.1 Å². The van der Waals surface area contributed by atoms with E-state index in [0.717, 1.165) is 0 Å². The molecule has 0 aromatic heterocycles. The number of methoxy groups -OCH3 is 1. The molecule has 118 valence electrons. The van der Waals surface area contributed by atoms with E-state index in [1.54, 1.807) is 0 Å². The molecule has 0 saturated heterocycles. The Morgan fingerprint density at radius 1 is 1.36 bits per heavy atom. The Kier molecular flexibility index (Phi) is 5.63. The number of anilines is 1. The Hall–Kier alpha value is -2.89. The first-order valence-corrected chi connectivity index (χ1v) is 5.75. The standard InChI is InChI=1S/C13H11F3N2O4/c1-21-9-4-2-8(3-5-9)18-11(19)10(6-17)12(20)22-7-13(14,15)16/h2-5,20H,7H2,1H3,(H,18,19)/b12-10-. The summed E-state index contributed by atoms with van der Waals surface area (Å²) in [4.78, 5) is 11.7. The van der Waals surface area contributed by atoms with Crippen molar-refractivity contribution in [2.75, 3.05) is 19.0 Å². The topological polar surface area (TPSA) is 91.6 Å². The highest BCUT2D eigenvalue weighted by molar-refractivity contribution is 6.06. The molecular formula is C13H11F3N2O4. The zero-order chi connectivity index (χ0) is 16.8. The van der Waals surface area contributed by atoms with Crippen molar-refractivity contribution in [1.82, 2.24) is 0 Å². The molecule has 0 heterocycles. The summed E-state index contributed by atoms with van der Waals surface area (Å²) in [5.41, 5.74) is -0.720. The van der Waals surface area contributed by atoms with Crippen LogP contribution in [0.2, 0.25) is 0 Å². The number of benzene rings is 1. The third-order valence-corrected chi connectivity index (χ3v) is 2.27. The molecule has 9 heteroatoms. The fourth-order valence-corrected chi connectivity index (χ4v) is 1.29. The molecule has 2 N–H and O–H groups in total. The monoisotopic (exact) mass is 316 g/mol. The Labute approximate surface area is 123 Å². The average molecular weight is 316 g/mol. The first-order chi connectivity index (χ1) is 10.3. The smallest absolute Gasteiger partial charge is 0.422 e. The van der Waals surface area contributed by atoms with Crippen LogP contribution >= 0.6 is 0 Å². The van der Waals surface area contributed by atoms with Gasteiger partial charge in [0.15, 0.2) is 12.2 Å². The molecule has 6 nitrogen and oxygen atoms in total. The van der Waals surface area contributed by atoms with Crippen molar-refractivity contribution in [3.63, 3.8) is 0 Å². The maximum atomic E-state index is 11.9. The lowest BCUT2D eigenvalue weighted by Crippen LogP contribution is -2.20. The van der Waals surface area contributed by atoms with Gasteiger partial charge in [0.2, 0.25) is 0 Å². The van der Waals surface area contributed by atoms with Crippen LogP contribution in [0.5, 0.6) is 5.75 Å². The zero-order valence-electron chi connectivity index (χ0n) is 11.3. The van der Waals surface area contributed by atoms with E-state index in [-0.39, 0.29) is 5.69 Å². The SMILES string of the molecule is COc1ccc(NC(=O)/C(C#N)=C(/O)OCC(F)(F)F)cc1. The van der Waals surface area contributed by atoms with E-state index < -0.39 is 30.2 Å². The molecule has 0 aliphatic carbocycles. The van der Waals surface area contributed by atoms with Crippen LogP contribution in [-0.2, 0) is 9.53 Å². The van der Waals surface area contributed by atoms with Gasteiger partial charge in [-0.2, -0.15) is 18.4 Å². The second-order valence-corrected chi connectivity index (χ2v) is 3.88. The number of hydrogen-bond donors (Lipinski definition) is 2. The minimum atomic E-state index is -4.71. The number of alkyl halides is 3. The van der Waals surface area contributed by atoms with E-state index in [1.807, 2.05) is 0 Å². The number of carbonyl (C=O) groups excluding carboxylic acids is 1. The lowest BCUT2D eigenvalue weighted by Gasteiger charge is -2.10. The number of carbonyl (C=O) groups is 1. The molecule has 1 aromatic carbocycles. The second-order valence-electron chi connectivity index (χ2n) is 3.88. The lowest BCUT2D eigenvalue weighted by atomic mass is 10.2. The van der Waals surface area contributed by atoms with Crippen molar-refractivity contribution >= 4 is 11.6 Å². The van der Waals surface area contributed by atoms with Crippen LogP contribution in [0.25, 0.3) is 0 Å². The van der Waals surface area contributed by atoms with Gasteiger partial charge in [-0.05, 0) is 24.3 Å². The van der Waals surface area contributed by atoms with Crippen molar-refractivity contribution in [2.45, 2.75) is 6.18 Å². The van der Waals surface area contributed by atoms with Gasteiger partial charge in [0.1, 0.15) is 11.8 Å². The van der Waals surface area contributed by atoms with Crippen molar-refractivity contribution in [2.24, 2.45) is 0 Å². The van der Waals surface area contributed by atoms with Gasteiger partial charge in [0, 0.05) is 5.69 Å². The number of aliphatic hydroxyl groups excluding tert-OH is 1. The summed E-state index contributed by atoms with van der Waals surface area (Å²) in [6.07, 6.45) is -4.71. The van der Waals surface area contributed by atoms with Crippen molar-refractivity contribution in [3.8, 4) is 11.8 Å². The molecule has 1 amide bonds. The molecule has 0 bridgehead atoms. The van der Waals surface area contributed by atoms with Crippen LogP contribution in [0.15, 0.2) is 35.8 Å². The highest BCUT2D eigenvalue weighted by Crippen LogP contribution is 2.18. The molecule has 22 heavy (non-hydrogen) atoms. The number of aliphatic hydroxyl groups is 1. The summed E-state index contributed by atoms with van der Waals surface area (Å²) in [5.74, 6) is -1.98. The van der Waals surface area contributed by atoms with Crippen molar-refractivity contribution in [1.29, 1.82) is 5.26 Å². The molecule has 0 aliphatic heterocycles. The predicted octanol–water partition coefficient (Wildman–Crippen LogP) is 2.51. The number of nitrogens with zero attached hydrogens (tertiary/aromatic N) is 1. The number of ether oxygens (including phenoxy) is 2. The minimum Gasteiger partial charge on any atom is -0.497 e. The van der Waals surface area contributed by atoms with E-state index in [0.29, 0.717) is 5.75 Å². The van der Waals surface area contributed by atoms with Gasteiger partial charge < -0.3 is 19.9 Å². The van der Waals surface area contributed by atoms with E-state index in [2.05, 4.69) is 10.1 Å².